The summed E-state index contributed by atoms with van der Waals surface area (Å²) in [5.41, 5.74) is -0.182. The molecule has 0 radical (unpaired) electrons. The maximum absolute atomic E-state index is 12.0. The second-order valence-electron chi connectivity index (χ2n) is 4.30. The molecule has 0 aromatic heterocycles. The predicted octanol–water partition coefficient (Wildman–Crippen LogP) is 0.123. The van der Waals surface area contributed by atoms with Crippen LogP contribution in [-0.2, 0) is 9.59 Å². The van der Waals surface area contributed by atoms with Crippen molar-refractivity contribution >= 4 is 23.2 Å². The number of rotatable bonds is 5. The molecule has 0 bridgehead atoms. The first-order valence-corrected chi connectivity index (χ1v) is 6.12. The minimum absolute atomic E-state index is 0.0315. The lowest BCUT2D eigenvalue weighted by Gasteiger charge is -2.13. The van der Waals surface area contributed by atoms with Crippen LogP contribution >= 0.6 is 0 Å². The number of nitro groups is 1. The lowest BCUT2D eigenvalue weighted by atomic mass is 10.1. The van der Waals surface area contributed by atoms with Crippen LogP contribution in [0.2, 0.25) is 0 Å². The highest BCUT2D eigenvalue weighted by atomic mass is 16.6. The third-order valence-corrected chi connectivity index (χ3v) is 2.94. The quantitative estimate of drug-likeness (QED) is 0.448. The van der Waals surface area contributed by atoms with Gasteiger partial charge in [0.1, 0.15) is 11.8 Å². The van der Waals surface area contributed by atoms with Crippen LogP contribution in [0.3, 0.4) is 0 Å². The molecule has 1 aromatic carbocycles. The maximum atomic E-state index is 12.0. The molecule has 0 aliphatic carbocycles. The molecule has 0 atom stereocenters. The van der Waals surface area contributed by atoms with E-state index in [1.807, 2.05) is 0 Å². The zero-order chi connectivity index (χ0) is 16.3. The van der Waals surface area contributed by atoms with Crippen molar-refractivity contribution in [2.45, 2.75) is 0 Å². The monoisotopic (exact) mass is 302 g/mol. The Morgan fingerprint density at radius 2 is 2.14 bits per heavy atom. The van der Waals surface area contributed by atoms with Crippen molar-refractivity contribution in [3.63, 3.8) is 0 Å². The van der Waals surface area contributed by atoms with Gasteiger partial charge in [0.15, 0.2) is 0 Å². The summed E-state index contributed by atoms with van der Waals surface area (Å²) >= 11 is 0. The van der Waals surface area contributed by atoms with E-state index in [9.17, 15) is 19.7 Å². The van der Waals surface area contributed by atoms with Gasteiger partial charge in [0.2, 0.25) is 0 Å². The highest BCUT2D eigenvalue weighted by molar-refractivity contribution is 6.17. The smallest absolute Gasteiger partial charge is 0.277 e. The van der Waals surface area contributed by atoms with E-state index in [0.717, 1.165) is 17.0 Å². The summed E-state index contributed by atoms with van der Waals surface area (Å²) in [6.45, 7) is -0.496. The number of imide groups is 1. The number of anilines is 1. The van der Waals surface area contributed by atoms with Gasteiger partial charge >= 0.3 is 0 Å². The van der Waals surface area contributed by atoms with E-state index in [1.54, 1.807) is 6.07 Å². The minimum atomic E-state index is -0.642. The summed E-state index contributed by atoms with van der Waals surface area (Å²) in [5.74, 6) is -1.22. The second-order valence-corrected chi connectivity index (χ2v) is 4.30. The lowest BCUT2D eigenvalue weighted by molar-refractivity contribution is -0.384. The van der Waals surface area contributed by atoms with Crippen LogP contribution in [0.4, 0.5) is 11.4 Å². The second kappa shape index (κ2) is 6.02. The third-order valence-electron chi connectivity index (χ3n) is 2.94. The average Bonchev–Trinajstić information content (AvgIpc) is 2.75. The van der Waals surface area contributed by atoms with E-state index >= 15 is 0 Å². The number of hydrogen-bond acceptors (Lipinski definition) is 7. The number of nitriles is 1. The molecule has 2 amide bonds. The van der Waals surface area contributed by atoms with Crippen molar-refractivity contribution in [2.24, 2.45) is 0 Å². The van der Waals surface area contributed by atoms with Gasteiger partial charge in [-0.15, -0.1) is 0 Å². The highest BCUT2D eigenvalue weighted by Crippen LogP contribution is 2.24. The summed E-state index contributed by atoms with van der Waals surface area (Å²) in [6, 6.07) is 5.31. The van der Waals surface area contributed by atoms with Crippen LogP contribution < -0.4 is 5.32 Å². The predicted molar refractivity (Wildman–Crippen MR) is 73.3 cm³/mol. The van der Waals surface area contributed by atoms with Crippen molar-refractivity contribution < 1.29 is 19.6 Å². The number of carbonyl (C=O) groups is 2. The number of aliphatic hydroxyl groups is 1. The van der Waals surface area contributed by atoms with E-state index < -0.39 is 16.7 Å². The van der Waals surface area contributed by atoms with Crippen molar-refractivity contribution in [1.82, 2.24) is 4.90 Å². The van der Waals surface area contributed by atoms with Gasteiger partial charge in [-0.25, -0.2) is 0 Å². The fourth-order valence-electron chi connectivity index (χ4n) is 1.90. The molecule has 1 heterocycles. The van der Waals surface area contributed by atoms with Crippen LogP contribution in [0, 0.1) is 21.4 Å². The summed E-state index contributed by atoms with van der Waals surface area (Å²) in [6.07, 6.45) is 1.04. The van der Waals surface area contributed by atoms with Crippen LogP contribution in [0.25, 0.3) is 0 Å². The molecule has 9 nitrogen and oxygen atoms in total. The molecule has 1 aliphatic heterocycles. The Hall–Kier alpha value is -3.25. The normalized spacial score (nSPS) is 13.8. The van der Waals surface area contributed by atoms with Crippen LogP contribution in [0.15, 0.2) is 30.0 Å². The molecule has 0 saturated heterocycles. The molecule has 2 N–H and O–H groups in total. The Morgan fingerprint density at radius 3 is 2.73 bits per heavy atom. The van der Waals surface area contributed by atoms with Crippen molar-refractivity contribution in [2.75, 3.05) is 18.5 Å². The number of hydrogen-bond donors (Lipinski definition) is 2. The Labute approximate surface area is 124 Å². The van der Waals surface area contributed by atoms with Crippen molar-refractivity contribution in [3.8, 4) is 6.07 Å². The van der Waals surface area contributed by atoms with Crippen LogP contribution in [-0.4, -0.2) is 39.9 Å². The topological polar surface area (TPSA) is 137 Å². The number of aliphatic hydroxyl groups excluding tert-OH is 1. The first kappa shape index (κ1) is 15.1. The largest absolute Gasteiger partial charge is 0.395 e. The number of nitrogens with one attached hydrogen (secondary N) is 1. The standard InChI is InChI=1S/C13H10N4O5/c14-7-8-5-9(17(21)22)1-2-10(8)15-11-6-12(19)16(3-4-18)13(11)20/h1-2,5-6,15,18H,3-4H2. The molecule has 1 aromatic rings. The van der Waals surface area contributed by atoms with E-state index in [1.165, 1.54) is 12.1 Å². The van der Waals surface area contributed by atoms with Gasteiger partial charge < -0.3 is 10.4 Å². The molecule has 0 fully saturated rings. The SMILES string of the molecule is N#Cc1cc([N+](=O)[O-])ccc1NC1=CC(=O)N(CCO)C1=O. The summed E-state index contributed by atoms with van der Waals surface area (Å²) in [5, 5.41) is 31.1. The molecule has 22 heavy (non-hydrogen) atoms. The fraction of sp³-hybridized carbons (Fsp3) is 0.154. The number of benzene rings is 1. The van der Waals surface area contributed by atoms with Gasteiger partial charge in [-0.1, -0.05) is 0 Å². The molecule has 1 aliphatic rings. The van der Waals surface area contributed by atoms with Crippen molar-refractivity contribution in [1.29, 1.82) is 5.26 Å². The zero-order valence-electron chi connectivity index (χ0n) is 11.1. The Balaban J connectivity index is 2.27. The number of non-ortho nitro benzene ring substituents is 1. The summed E-state index contributed by atoms with van der Waals surface area (Å²) in [4.78, 5) is 34.4. The number of nitro benzene ring substituents is 1. The summed E-state index contributed by atoms with van der Waals surface area (Å²) < 4.78 is 0. The highest BCUT2D eigenvalue weighted by Gasteiger charge is 2.31. The number of nitrogens with zero attached hydrogens (tertiary/aromatic N) is 3. The number of carbonyl (C=O) groups excluding carboxylic acids is 2. The van der Waals surface area contributed by atoms with Gasteiger partial charge in [0.05, 0.1) is 29.3 Å². The van der Waals surface area contributed by atoms with E-state index in [4.69, 9.17) is 10.4 Å². The number of β-amino-alcohol motifs (C(OH)–C–C–N with tert-alkyl or cyclic N) is 1. The average molecular weight is 302 g/mol. The first-order valence-electron chi connectivity index (χ1n) is 6.12. The fourth-order valence-corrected chi connectivity index (χ4v) is 1.90. The van der Waals surface area contributed by atoms with E-state index in [-0.39, 0.29) is 35.8 Å². The first-order chi connectivity index (χ1) is 10.5. The molecule has 9 heteroatoms. The minimum Gasteiger partial charge on any atom is -0.395 e. The van der Waals surface area contributed by atoms with Crippen molar-refractivity contribution in [3.05, 3.63) is 45.6 Å². The van der Waals surface area contributed by atoms with Crippen LogP contribution in [0.5, 0.6) is 0 Å². The zero-order valence-corrected chi connectivity index (χ0v) is 11.1. The Bertz CT molecular complexity index is 734. The van der Waals surface area contributed by atoms with Gasteiger partial charge in [-0.2, -0.15) is 5.26 Å². The lowest BCUT2D eigenvalue weighted by Crippen LogP contribution is -2.34. The third kappa shape index (κ3) is 2.77. The molecular weight excluding hydrogens is 292 g/mol. The number of amides is 2. The summed E-state index contributed by atoms with van der Waals surface area (Å²) in [7, 11) is 0. The van der Waals surface area contributed by atoms with Gasteiger partial charge in [0, 0.05) is 18.2 Å². The van der Waals surface area contributed by atoms with E-state index in [2.05, 4.69) is 5.32 Å². The van der Waals surface area contributed by atoms with Gasteiger partial charge in [-0.3, -0.25) is 24.6 Å². The Morgan fingerprint density at radius 1 is 1.41 bits per heavy atom. The molecular formula is C13H10N4O5. The van der Waals surface area contributed by atoms with Gasteiger partial charge in [0.25, 0.3) is 17.5 Å². The maximum Gasteiger partial charge on any atom is 0.277 e. The molecule has 0 spiro atoms. The molecule has 112 valence electrons. The molecule has 0 saturated carbocycles. The molecule has 2 rings (SSSR count). The Kier molecular flexibility index (Phi) is 4.15. The van der Waals surface area contributed by atoms with Gasteiger partial charge in [-0.05, 0) is 6.07 Å². The van der Waals surface area contributed by atoms with Crippen LogP contribution in [0.1, 0.15) is 5.56 Å². The molecule has 0 unspecified atom stereocenters. The van der Waals surface area contributed by atoms with E-state index in [0.29, 0.717) is 0 Å².